The quantitative estimate of drug-likeness (QED) is 0.527. The van der Waals surface area contributed by atoms with Crippen LogP contribution in [0.4, 0.5) is 0 Å². The van der Waals surface area contributed by atoms with Crippen LogP contribution in [0.5, 0.6) is 0 Å². The van der Waals surface area contributed by atoms with E-state index in [1.165, 1.54) is 0 Å². The van der Waals surface area contributed by atoms with E-state index in [1.807, 2.05) is 20.8 Å². The molecule has 1 saturated carbocycles. The molecular formula is C10H17NO3. The Balaban J connectivity index is 2.85. The molecule has 0 aliphatic heterocycles. The summed E-state index contributed by atoms with van der Waals surface area (Å²) in [6, 6.07) is 0. The van der Waals surface area contributed by atoms with Crippen molar-refractivity contribution in [1.29, 1.82) is 0 Å². The van der Waals surface area contributed by atoms with Gasteiger partial charge in [-0.2, -0.15) is 0 Å². The molecule has 2 N–H and O–H groups in total. The number of hydrogen-bond acceptors (Lipinski definition) is 3. The Labute approximate surface area is 83.6 Å². The molecule has 14 heavy (non-hydrogen) atoms. The number of aliphatic carboxylic acids is 1. The molecule has 0 aromatic rings. The van der Waals surface area contributed by atoms with Gasteiger partial charge in [-0.15, -0.1) is 0 Å². The molecule has 80 valence electrons. The first-order valence-corrected chi connectivity index (χ1v) is 4.82. The zero-order valence-electron chi connectivity index (χ0n) is 8.82. The molecule has 0 heterocycles. The van der Waals surface area contributed by atoms with Crippen LogP contribution in [0.15, 0.2) is 5.16 Å². The van der Waals surface area contributed by atoms with Crippen molar-refractivity contribution in [3.8, 4) is 0 Å². The van der Waals surface area contributed by atoms with Gasteiger partial charge in [0.1, 0.15) is 0 Å². The molecule has 2 atom stereocenters. The summed E-state index contributed by atoms with van der Waals surface area (Å²) in [7, 11) is 0. The van der Waals surface area contributed by atoms with Crippen molar-refractivity contribution < 1.29 is 15.1 Å². The van der Waals surface area contributed by atoms with Crippen LogP contribution in [-0.2, 0) is 4.79 Å². The zero-order valence-corrected chi connectivity index (χ0v) is 8.82. The lowest BCUT2D eigenvalue weighted by molar-refractivity contribution is -0.139. The number of oxime groups is 1. The van der Waals surface area contributed by atoms with Gasteiger partial charge in [-0.3, -0.25) is 4.79 Å². The molecular weight excluding hydrogens is 182 g/mol. The van der Waals surface area contributed by atoms with Gasteiger partial charge < -0.3 is 10.3 Å². The standard InChI is InChI=1S/C10H17NO3/c1-6-8(11-14)4-7(5-9(12)13)10(6,2)3/h6-7,14H,4-5H2,1-3H3,(H,12,13)/b11-8-. The van der Waals surface area contributed by atoms with Gasteiger partial charge in [0.25, 0.3) is 0 Å². The van der Waals surface area contributed by atoms with Gasteiger partial charge in [0, 0.05) is 12.3 Å². The van der Waals surface area contributed by atoms with Gasteiger partial charge in [-0.05, 0) is 17.8 Å². The number of carboxylic acid groups (broad SMARTS) is 1. The first-order valence-electron chi connectivity index (χ1n) is 4.82. The molecule has 0 spiro atoms. The van der Waals surface area contributed by atoms with Gasteiger partial charge in [-0.1, -0.05) is 25.9 Å². The highest BCUT2D eigenvalue weighted by Gasteiger charge is 2.45. The molecule has 0 aromatic heterocycles. The maximum atomic E-state index is 10.6. The zero-order chi connectivity index (χ0) is 10.9. The maximum Gasteiger partial charge on any atom is 0.303 e. The second-order valence-corrected chi connectivity index (χ2v) is 4.63. The van der Waals surface area contributed by atoms with Crippen LogP contribution < -0.4 is 0 Å². The fourth-order valence-electron chi connectivity index (χ4n) is 2.15. The summed E-state index contributed by atoms with van der Waals surface area (Å²) < 4.78 is 0. The molecule has 1 rings (SSSR count). The highest BCUT2D eigenvalue weighted by molar-refractivity contribution is 5.89. The van der Waals surface area contributed by atoms with Crippen LogP contribution in [-0.4, -0.2) is 22.0 Å². The molecule has 1 aliphatic carbocycles. The molecule has 0 amide bonds. The smallest absolute Gasteiger partial charge is 0.303 e. The fraction of sp³-hybridized carbons (Fsp3) is 0.800. The Hall–Kier alpha value is -1.06. The minimum atomic E-state index is -0.783. The molecule has 0 saturated heterocycles. The Morgan fingerprint density at radius 2 is 2.21 bits per heavy atom. The fourth-order valence-corrected chi connectivity index (χ4v) is 2.15. The third kappa shape index (κ3) is 1.74. The number of carbonyl (C=O) groups is 1. The van der Waals surface area contributed by atoms with E-state index in [9.17, 15) is 4.79 Å². The molecule has 2 unspecified atom stereocenters. The Kier molecular flexibility index (Phi) is 2.83. The Bertz CT molecular complexity index is 271. The van der Waals surface area contributed by atoms with Crippen molar-refractivity contribution in [3.63, 3.8) is 0 Å². The van der Waals surface area contributed by atoms with Crippen molar-refractivity contribution in [1.82, 2.24) is 0 Å². The van der Waals surface area contributed by atoms with E-state index in [4.69, 9.17) is 10.3 Å². The SMILES string of the molecule is CC1/C(=N\O)CC(CC(=O)O)C1(C)C. The van der Waals surface area contributed by atoms with Crippen molar-refractivity contribution in [2.75, 3.05) is 0 Å². The summed E-state index contributed by atoms with van der Waals surface area (Å²) in [6.45, 7) is 6.05. The molecule has 1 aliphatic rings. The van der Waals surface area contributed by atoms with E-state index in [2.05, 4.69) is 5.16 Å². The number of rotatable bonds is 2. The van der Waals surface area contributed by atoms with Gasteiger partial charge >= 0.3 is 5.97 Å². The molecule has 4 heteroatoms. The predicted molar refractivity (Wildman–Crippen MR) is 52.5 cm³/mol. The average molecular weight is 199 g/mol. The molecule has 0 bridgehead atoms. The van der Waals surface area contributed by atoms with Crippen molar-refractivity contribution in [2.45, 2.75) is 33.6 Å². The van der Waals surface area contributed by atoms with Gasteiger partial charge in [0.2, 0.25) is 0 Å². The lowest BCUT2D eigenvalue weighted by atomic mass is 9.75. The summed E-state index contributed by atoms with van der Waals surface area (Å²) in [4.78, 5) is 10.6. The largest absolute Gasteiger partial charge is 0.481 e. The number of hydrogen-bond donors (Lipinski definition) is 2. The Morgan fingerprint density at radius 3 is 2.57 bits per heavy atom. The monoisotopic (exact) mass is 199 g/mol. The summed E-state index contributed by atoms with van der Waals surface area (Å²) in [5.41, 5.74) is 0.626. The van der Waals surface area contributed by atoms with Crippen LogP contribution in [0.25, 0.3) is 0 Å². The lowest BCUT2D eigenvalue weighted by Crippen LogP contribution is -2.26. The van der Waals surface area contributed by atoms with Crippen molar-refractivity contribution >= 4 is 11.7 Å². The van der Waals surface area contributed by atoms with E-state index in [0.717, 1.165) is 5.71 Å². The van der Waals surface area contributed by atoms with E-state index in [0.29, 0.717) is 6.42 Å². The van der Waals surface area contributed by atoms with Crippen LogP contribution in [0.1, 0.15) is 33.6 Å². The maximum absolute atomic E-state index is 10.6. The number of nitrogens with zero attached hydrogens (tertiary/aromatic N) is 1. The highest BCUT2D eigenvalue weighted by atomic mass is 16.4. The summed E-state index contributed by atoms with van der Waals surface area (Å²) in [5, 5.41) is 20.8. The van der Waals surface area contributed by atoms with Crippen LogP contribution in [0.2, 0.25) is 0 Å². The minimum absolute atomic E-state index is 0.0703. The second kappa shape index (κ2) is 3.59. The summed E-state index contributed by atoms with van der Waals surface area (Å²) in [6.07, 6.45) is 0.743. The molecule has 1 fully saturated rings. The second-order valence-electron chi connectivity index (χ2n) is 4.63. The third-order valence-electron chi connectivity index (χ3n) is 3.67. The van der Waals surface area contributed by atoms with Crippen molar-refractivity contribution in [2.24, 2.45) is 22.4 Å². The molecule has 0 radical (unpaired) electrons. The lowest BCUT2D eigenvalue weighted by Gasteiger charge is -2.29. The highest BCUT2D eigenvalue weighted by Crippen LogP contribution is 2.47. The first kappa shape index (κ1) is 11.0. The van der Waals surface area contributed by atoms with Crippen LogP contribution >= 0.6 is 0 Å². The normalized spacial score (nSPS) is 33.5. The van der Waals surface area contributed by atoms with Gasteiger partial charge in [0.05, 0.1) is 5.71 Å². The third-order valence-corrected chi connectivity index (χ3v) is 3.67. The number of carboxylic acids is 1. The van der Waals surface area contributed by atoms with Gasteiger partial charge in [-0.25, -0.2) is 0 Å². The van der Waals surface area contributed by atoms with E-state index < -0.39 is 5.97 Å². The minimum Gasteiger partial charge on any atom is -0.481 e. The summed E-state index contributed by atoms with van der Waals surface area (Å²) in [5.74, 6) is -0.563. The van der Waals surface area contributed by atoms with E-state index in [1.54, 1.807) is 0 Å². The molecule has 4 nitrogen and oxygen atoms in total. The topological polar surface area (TPSA) is 69.9 Å². The van der Waals surface area contributed by atoms with Crippen LogP contribution in [0, 0.1) is 17.3 Å². The van der Waals surface area contributed by atoms with E-state index >= 15 is 0 Å². The van der Waals surface area contributed by atoms with E-state index in [-0.39, 0.29) is 23.7 Å². The van der Waals surface area contributed by atoms with Crippen LogP contribution in [0.3, 0.4) is 0 Å². The average Bonchev–Trinajstić information content (AvgIpc) is 2.28. The summed E-state index contributed by atoms with van der Waals surface area (Å²) >= 11 is 0. The van der Waals surface area contributed by atoms with Gasteiger partial charge in [0.15, 0.2) is 0 Å². The Morgan fingerprint density at radius 1 is 1.64 bits per heavy atom. The first-order chi connectivity index (χ1) is 6.39. The molecule has 0 aromatic carbocycles. The van der Waals surface area contributed by atoms with Crippen molar-refractivity contribution in [3.05, 3.63) is 0 Å². The predicted octanol–water partition coefficient (Wildman–Crippen LogP) is 1.97.